The van der Waals surface area contributed by atoms with Gasteiger partial charge in [0.05, 0.1) is 0 Å². The molecule has 0 aromatic rings. The van der Waals surface area contributed by atoms with Crippen molar-refractivity contribution in [2.75, 3.05) is 6.54 Å². The molecule has 1 fully saturated rings. The first kappa shape index (κ1) is 13.6. The summed E-state index contributed by atoms with van der Waals surface area (Å²) in [6.45, 7) is 14.3. The molecular weight excluding hydrogens is 194 g/mol. The van der Waals surface area contributed by atoms with Crippen molar-refractivity contribution in [1.82, 2.24) is 5.32 Å². The number of allylic oxidation sites excluding steroid dienone is 1. The summed E-state index contributed by atoms with van der Waals surface area (Å²) in [5, 5.41) is 3.47. The molecule has 94 valence electrons. The van der Waals surface area contributed by atoms with Crippen molar-refractivity contribution in [3.8, 4) is 0 Å². The van der Waals surface area contributed by atoms with Crippen LogP contribution in [0.4, 0.5) is 0 Å². The summed E-state index contributed by atoms with van der Waals surface area (Å²) < 4.78 is 0. The lowest BCUT2D eigenvalue weighted by molar-refractivity contribution is 0.225. The monoisotopic (exact) mass is 223 g/mol. The van der Waals surface area contributed by atoms with Gasteiger partial charge in [0, 0.05) is 12.2 Å². The van der Waals surface area contributed by atoms with Crippen molar-refractivity contribution < 1.29 is 0 Å². The third-order valence-electron chi connectivity index (χ3n) is 4.75. The van der Waals surface area contributed by atoms with E-state index in [0.29, 0.717) is 5.41 Å². The minimum absolute atomic E-state index is 0.526. The molecule has 1 N–H and O–H groups in total. The van der Waals surface area contributed by atoms with Crippen LogP contribution in [0.15, 0.2) is 12.3 Å². The average molecular weight is 223 g/mol. The third-order valence-corrected chi connectivity index (χ3v) is 4.75. The molecule has 0 amide bonds. The highest BCUT2D eigenvalue weighted by Gasteiger charge is 2.32. The minimum atomic E-state index is 0.526. The second-order valence-corrected chi connectivity index (χ2v) is 6.02. The summed E-state index contributed by atoms with van der Waals surface area (Å²) in [6, 6.07) is 0. The first-order chi connectivity index (χ1) is 7.49. The van der Waals surface area contributed by atoms with Crippen molar-refractivity contribution in [3.63, 3.8) is 0 Å². The fourth-order valence-electron chi connectivity index (χ4n) is 2.76. The molecule has 16 heavy (non-hydrogen) atoms. The maximum Gasteiger partial charge on any atom is 0.0200 e. The van der Waals surface area contributed by atoms with Gasteiger partial charge in [-0.3, -0.25) is 0 Å². The zero-order chi connectivity index (χ0) is 12.2. The molecule has 2 unspecified atom stereocenters. The Morgan fingerprint density at radius 2 is 1.75 bits per heavy atom. The van der Waals surface area contributed by atoms with Gasteiger partial charge in [0.2, 0.25) is 0 Å². The summed E-state index contributed by atoms with van der Waals surface area (Å²) in [5.41, 5.74) is 1.64. The molecule has 1 aliphatic rings. The largest absolute Gasteiger partial charge is 0.388 e. The van der Waals surface area contributed by atoms with Crippen molar-refractivity contribution in [1.29, 1.82) is 0 Å². The number of rotatable bonds is 4. The van der Waals surface area contributed by atoms with E-state index in [4.69, 9.17) is 0 Å². The Labute approximate surface area is 102 Å². The Kier molecular flexibility index (Phi) is 4.89. The molecule has 0 spiro atoms. The van der Waals surface area contributed by atoms with Crippen molar-refractivity contribution >= 4 is 0 Å². The van der Waals surface area contributed by atoms with Crippen molar-refractivity contribution in [2.24, 2.45) is 17.3 Å². The van der Waals surface area contributed by atoms with Gasteiger partial charge < -0.3 is 5.32 Å². The number of hydrogen-bond acceptors (Lipinski definition) is 1. The lowest BCUT2D eigenvalue weighted by Crippen LogP contribution is -2.32. The van der Waals surface area contributed by atoms with Gasteiger partial charge in [-0.2, -0.15) is 0 Å². The molecule has 0 bridgehead atoms. The Bertz CT molecular complexity index is 220. The smallest absolute Gasteiger partial charge is 0.0200 e. The van der Waals surface area contributed by atoms with Gasteiger partial charge in [-0.1, -0.05) is 27.4 Å². The van der Waals surface area contributed by atoms with E-state index in [-0.39, 0.29) is 0 Å². The first-order valence-electron chi connectivity index (χ1n) is 6.88. The fourth-order valence-corrected chi connectivity index (χ4v) is 2.76. The molecule has 0 aliphatic heterocycles. The summed E-state index contributed by atoms with van der Waals surface area (Å²) in [6.07, 6.45) is 6.86. The molecular formula is C15H29N. The Hall–Kier alpha value is -0.460. The molecule has 1 heteroatoms. The van der Waals surface area contributed by atoms with Crippen molar-refractivity contribution in [2.45, 2.75) is 59.8 Å². The highest BCUT2D eigenvalue weighted by Crippen LogP contribution is 2.41. The lowest BCUT2D eigenvalue weighted by atomic mass is 9.77. The first-order valence-corrected chi connectivity index (χ1v) is 6.88. The van der Waals surface area contributed by atoms with E-state index in [1.165, 1.54) is 32.1 Å². The summed E-state index contributed by atoms with van der Waals surface area (Å²) in [7, 11) is 0. The Morgan fingerprint density at radius 1 is 1.25 bits per heavy atom. The normalized spacial score (nSPS) is 35.5. The van der Waals surface area contributed by atoms with Crippen LogP contribution in [0.25, 0.3) is 0 Å². The highest BCUT2D eigenvalue weighted by molar-refractivity contribution is 4.91. The third kappa shape index (κ3) is 3.54. The van der Waals surface area contributed by atoms with Crippen LogP contribution < -0.4 is 5.32 Å². The summed E-state index contributed by atoms with van der Waals surface area (Å²) in [5.74, 6) is 1.80. The molecule has 1 rings (SSSR count). The van der Waals surface area contributed by atoms with E-state index < -0.39 is 0 Å². The van der Waals surface area contributed by atoms with Crippen LogP contribution in [0, 0.1) is 17.3 Å². The maximum absolute atomic E-state index is 3.95. The van der Waals surface area contributed by atoms with Crippen LogP contribution >= 0.6 is 0 Å². The van der Waals surface area contributed by atoms with Gasteiger partial charge in [-0.25, -0.2) is 0 Å². The van der Waals surface area contributed by atoms with E-state index in [1.54, 1.807) is 0 Å². The zero-order valence-electron chi connectivity index (χ0n) is 11.6. The van der Waals surface area contributed by atoms with Gasteiger partial charge in [0.25, 0.3) is 0 Å². The highest BCUT2D eigenvalue weighted by atomic mass is 14.9. The van der Waals surface area contributed by atoms with Crippen LogP contribution in [0.1, 0.15) is 59.8 Å². The standard InChI is InChI=1S/C15H29N/c1-6-15(11-16-12(2)3)9-7-13(4)14(5)8-10-15/h13-14,16H,2,6-11H2,1,3-5H3. The average Bonchev–Trinajstić information content (AvgIpc) is 2.40. The van der Waals surface area contributed by atoms with E-state index in [9.17, 15) is 0 Å². The SMILES string of the molecule is C=C(C)NCC1(CC)CCC(C)C(C)CC1. The fraction of sp³-hybridized carbons (Fsp3) is 0.867. The maximum atomic E-state index is 3.95. The van der Waals surface area contributed by atoms with Gasteiger partial charge >= 0.3 is 0 Å². The summed E-state index contributed by atoms with van der Waals surface area (Å²) >= 11 is 0. The second kappa shape index (κ2) is 5.75. The van der Waals surface area contributed by atoms with E-state index in [1.807, 2.05) is 0 Å². The molecule has 2 atom stereocenters. The predicted octanol–water partition coefficient (Wildman–Crippen LogP) is 4.35. The van der Waals surface area contributed by atoms with E-state index in [0.717, 1.165) is 24.1 Å². The lowest BCUT2D eigenvalue weighted by Gasteiger charge is -2.32. The second-order valence-electron chi connectivity index (χ2n) is 6.02. The molecule has 0 radical (unpaired) electrons. The van der Waals surface area contributed by atoms with Gasteiger partial charge in [-0.05, 0) is 56.3 Å². The molecule has 1 nitrogen and oxygen atoms in total. The van der Waals surface area contributed by atoms with Crippen LogP contribution in [0.3, 0.4) is 0 Å². The van der Waals surface area contributed by atoms with E-state index >= 15 is 0 Å². The van der Waals surface area contributed by atoms with Crippen LogP contribution in [-0.2, 0) is 0 Å². The van der Waals surface area contributed by atoms with Crippen LogP contribution in [0.2, 0.25) is 0 Å². The molecule has 1 aliphatic carbocycles. The zero-order valence-corrected chi connectivity index (χ0v) is 11.6. The number of hydrogen-bond donors (Lipinski definition) is 1. The molecule has 1 saturated carbocycles. The molecule has 0 aromatic carbocycles. The topological polar surface area (TPSA) is 12.0 Å². The van der Waals surface area contributed by atoms with E-state index in [2.05, 4.69) is 39.6 Å². The molecule has 0 saturated heterocycles. The van der Waals surface area contributed by atoms with Crippen LogP contribution in [0.5, 0.6) is 0 Å². The van der Waals surface area contributed by atoms with Crippen molar-refractivity contribution in [3.05, 3.63) is 12.3 Å². The number of nitrogens with one attached hydrogen (secondary N) is 1. The van der Waals surface area contributed by atoms with Gasteiger partial charge in [0.1, 0.15) is 0 Å². The Balaban J connectivity index is 2.61. The quantitative estimate of drug-likeness (QED) is 0.699. The predicted molar refractivity (Wildman–Crippen MR) is 72.3 cm³/mol. The van der Waals surface area contributed by atoms with Crippen LogP contribution in [-0.4, -0.2) is 6.54 Å². The van der Waals surface area contributed by atoms with Gasteiger partial charge in [-0.15, -0.1) is 0 Å². The molecule has 0 aromatic heterocycles. The minimum Gasteiger partial charge on any atom is -0.388 e. The molecule has 0 heterocycles. The summed E-state index contributed by atoms with van der Waals surface area (Å²) in [4.78, 5) is 0. The Morgan fingerprint density at radius 3 is 2.12 bits per heavy atom. The van der Waals surface area contributed by atoms with Gasteiger partial charge in [0.15, 0.2) is 0 Å².